The lowest BCUT2D eigenvalue weighted by molar-refractivity contribution is -0.661. The van der Waals surface area contributed by atoms with Crippen molar-refractivity contribution in [3.8, 4) is 5.75 Å². The van der Waals surface area contributed by atoms with Crippen LogP contribution in [0.15, 0.2) is 18.2 Å². The third-order valence-corrected chi connectivity index (χ3v) is 4.34. The van der Waals surface area contributed by atoms with Crippen LogP contribution < -0.4 is 10.1 Å². The molecule has 1 atom stereocenters. The minimum atomic E-state index is 0.453. The summed E-state index contributed by atoms with van der Waals surface area (Å²) < 4.78 is 11.8. The normalized spacial score (nSPS) is 18.4. The number of hydrogen-bond donors (Lipinski definition) is 1. The van der Waals surface area contributed by atoms with E-state index in [-0.39, 0.29) is 0 Å². The monoisotopic (exact) mass is 306 g/mol. The lowest BCUT2D eigenvalue weighted by Gasteiger charge is -2.19. The first-order valence-electron chi connectivity index (χ1n) is 8.78. The Kier molecular flexibility index (Phi) is 6.71. The van der Waals surface area contributed by atoms with Crippen molar-refractivity contribution in [2.24, 2.45) is 0 Å². The SMILES string of the molecule is CC(C)c1cccc(C(C)C)c1OCC[NH2+]C[C@@H]1CCCO1. The third-order valence-electron chi connectivity index (χ3n) is 4.34. The summed E-state index contributed by atoms with van der Waals surface area (Å²) in [5, 5.41) is 2.32. The van der Waals surface area contributed by atoms with Crippen LogP contribution in [0.2, 0.25) is 0 Å². The van der Waals surface area contributed by atoms with Crippen molar-refractivity contribution in [3.63, 3.8) is 0 Å². The van der Waals surface area contributed by atoms with Crippen molar-refractivity contribution in [2.75, 3.05) is 26.3 Å². The molecule has 1 aromatic rings. The van der Waals surface area contributed by atoms with Crippen LogP contribution in [-0.2, 0) is 4.74 Å². The number of rotatable bonds is 8. The molecule has 1 aliphatic heterocycles. The molecule has 124 valence electrons. The fourth-order valence-corrected chi connectivity index (χ4v) is 3.03. The van der Waals surface area contributed by atoms with E-state index in [1.165, 1.54) is 24.0 Å². The van der Waals surface area contributed by atoms with Gasteiger partial charge in [-0.15, -0.1) is 0 Å². The van der Waals surface area contributed by atoms with Gasteiger partial charge in [0, 0.05) is 6.61 Å². The summed E-state index contributed by atoms with van der Waals surface area (Å²) in [6.45, 7) is 12.7. The molecule has 0 spiro atoms. The molecule has 3 heteroatoms. The Balaban J connectivity index is 1.87. The standard InChI is InChI=1S/C19H31NO2/c1-14(2)17-8-5-9-18(15(3)4)19(17)22-12-10-20-13-16-7-6-11-21-16/h5,8-9,14-16,20H,6-7,10-13H2,1-4H3/p+1/t16-/m0/s1. The van der Waals surface area contributed by atoms with Gasteiger partial charge >= 0.3 is 0 Å². The summed E-state index contributed by atoms with van der Waals surface area (Å²) in [5.41, 5.74) is 2.65. The van der Waals surface area contributed by atoms with Gasteiger partial charge in [0.2, 0.25) is 0 Å². The Hall–Kier alpha value is -1.06. The summed E-state index contributed by atoms with van der Waals surface area (Å²) in [6, 6.07) is 6.55. The van der Waals surface area contributed by atoms with E-state index in [1.807, 2.05) is 0 Å². The Bertz CT molecular complexity index is 424. The summed E-state index contributed by atoms with van der Waals surface area (Å²) >= 11 is 0. The van der Waals surface area contributed by atoms with Gasteiger partial charge in [-0.1, -0.05) is 45.9 Å². The molecule has 2 N–H and O–H groups in total. The van der Waals surface area contributed by atoms with E-state index in [0.29, 0.717) is 17.9 Å². The van der Waals surface area contributed by atoms with Crippen molar-refractivity contribution >= 4 is 0 Å². The molecular weight excluding hydrogens is 274 g/mol. The maximum atomic E-state index is 6.18. The van der Waals surface area contributed by atoms with Gasteiger partial charge in [-0.05, 0) is 35.8 Å². The second-order valence-corrected chi connectivity index (χ2v) is 6.87. The van der Waals surface area contributed by atoms with E-state index in [9.17, 15) is 0 Å². The Morgan fingerprint density at radius 2 is 1.86 bits per heavy atom. The second-order valence-electron chi connectivity index (χ2n) is 6.87. The third kappa shape index (κ3) is 4.72. The van der Waals surface area contributed by atoms with Gasteiger partial charge in [-0.2, -0.15) is 0 Å². The summed E-state index contributed by atoms with van der Waals surface area (Å²) in [7, 11) is 0. The second kappa shape index (κ2) is 8.54. The lowest BCUT2D eigenvalue weighted by Crippen LogP contribution is -2.87. The highest BCUT2D eigenvalue weighted by Crippen LogP contribution is 2.34. The largest absolute Gasteiger partial charge is 0.487 e. The van der Waals surface area contributed by atoms with E-state index in [1.54, 1.807) is 0 Å². The van der Waals surface area contributed by atoms with Crippen LogP contribution in [0.25, 0.3) is 0 Å². The Morgan fingerprint density at radius 1 is 1.18 bits per heavy atom. The topological polar surface area (TPSA) is 35.1 Å². The maximum absolute atomic E-state index is 6.18. The number of nitrogens with two attached hydrogens (primary N) is 1. The number of para-hydroxylation sites is 1. The zero-order chi connectivity index (χ0) is 15.9. The molecule has 0 unspecified atom stereocenters. The molecule has 1 aromatic carbocycles. The molecule has 1 saturated heterocycles. The highest BCUT2D eigenvalue weighted by Gasteiger charge is 2.17. The predicted octanol–water partition coefficient (Wildman–Crippen LogP) is 3.05. The number of benzene rings is 1. The van der Waals surface area contributed by atoms with Crippen molar-refractivity contribution in [2.45, 2.75) is 58.5 Å². The molecule has 1 aliphatic rings. The summed E-state index contributed by atoms with van der Waals surface area (Å²) in [5.74, 6) is 2.09. The Morgan fingerprint density at radius 3 is 2.41 bits per heavy atom. The minimum absolute atomic E-state index is 0.453. The van der Waals surface area contributed by atoms with Gasteiger partial charge in [-0.3, -0.25) is 0 Å². The van der Waals surface area contributed by atoms with Crippen molar-refractivity contribution in [3.05, 3.63) is 29.3 Å². The maximum Gasteiger partial charge on any atom is 0.137 e. The molecule has 0 amide bonds. The number of hydrogen-bond acceptors (Lipinski definition) is 2. The zero-order valence-corrected chi connectivity index (χ0v) is 14.6. The molecule has 0 saturated carbocycles. The average Bonchev–Trinajstić information content (AvgIpc) is 2.99. The first-order valence-corrected chi connectivity index (χ1v) is 8.78. The van der Waals surface area contributed by atoms with Crippen LogP contribution in [0.5, 0.6) is 5.75 Å². The van der Waals surface area contributed by atoms with E-state index >= 15 is 0 Å². The van der Waals surface area contributed by atoms with Crippen molar-refractivity contribution in [1.82, 2.24) is 0 Å². The van der Waals surface area contributed by atoms with Crippen LogP contribution >= 0.6 is 0 Å². The van der Waals surface area contributed by atoms with Crippen molar-refractivity contribution in [1.29, 1.82) is 0 Å². The van der Waals surface area contributed by atoms with Gasteiger partial charge in [0.1, 0.15) is 31.5 Å². The number of ether oxygens (including phenoxy) is 2. The quantitative estimate of drug-likeness (QED) is 0.749. The molecule has 0 radical (unpaired) electrons. The molecule has 0 bridgehead atoms. The molecule has 0 aliphatic carbocycles. The van der Waals surface area contributed by atoms with Gasteiger partial charge in [0.25, 0.3) is 0 Å². The molecule has 0 aromatic heterocycles. The molecule has 22 heavy (non-hydrogen) atoms. The molecule has 2 rings (SSSR count). The fourth-order valence-electron chi connectivity index (χ4n) is 3.03. The van der Waals surface area contributed by atoms with Crippen LogP contribution in [-0.4, -0.2) is 32.4 Å². The van der Waals surface area contributed by atoms with Crippen LogP contribution in [0.4, 0.5) is 0 Å². The summed E-state index contributed by atoms with van der Waals surface area (Å²) in [6.07, 6.45) is 2.88. The molecule has 1 fully saturated rings. The average molecular weight is 306 g/mol. The van der Waals surface area contributed by atoms with E-state index < -0.39 is 0 Å². The van der Waals surface area contributed by atoms with Crippen LogP contribution in [0, 0.1) is 0 Å². The van der Waals surface area contributed by atoms with Crippen molar-refractivity contribution < 1.29 is 14.8 Å². The van der Waals surface area contributed by atoms with E-state index in [2.05, 4.69) is 51.2 Å². The fraction of sp³-hybridized carbons (Fsp3) is 0.684. The van der Waals surface area contributed by atoms with Gasteiger partial charge in [-0.25, -0.2) is 0 Å². The first kappa shape index (κ1) is 17.3. The smallest absolute Gasteiger partial charge is 0.137 e. The van der Waals surface area contributed by atoms with Gasteiger partial charge < -0.3 is 14.8 Å². The van der Waals surface area contributed by atoms with Crippen LogP contribution in [0.1, 0.15) is 63.5 Å². The highest BCUT2D eigenvalue weighted by molar-refractivity contribution is 5.44. The van der Waals surface area contributed by atoms with E-state index in [4.69, 9.17) is 9.47 Å². The lowest BCUT2D eigenvalue weighted by atomic mass is 9.94. The van der Waals surface area contributed by atoms with Crippen LogP contribution in [0.3, 0.4) is 0 Å². The Labute approximate surface area is 135 Å². The molecule has 3 nitrogen and oxygen atoms in total. The highest BCUT2D eigenvalue weighted by atomic mass is 16.5. The molecular formula is C19H32NO2+. The predicted molar refractivity (Wildman–Crippen MR) is 90.7 cm³/mol. The van der Waals surface area contributed by atoms with E-state index in [0.717, 1.165) is 32.1 Å². The zero-order valence-electron chi connectivity index (χ0n) is 14.6. The minimum Gasteiger partial charge on any atom is -0.487 e. The van der Waals surface area contributed by atoms with Gasteiger partial charge in [0.05, 0.1) is 0 Å². The van der Waals surface area contributed by atoms with Gasteiger partial charge in [0.15, 0.2) is 0 Å². The number of quaternary nitrogens is 1. The first-order chi connectivity index (χ1) is 10.6. The molecule has 1 heterocycles. The summed E-state index contributed by atoms with van der Waals surface area (Å²) in [4.78, 5) is 0.